The molecule has 1 saturated heterocycles. The van der Waals surface area contributed by atoms with E-state index >= 15 is 0 Å². The zero-order valence-corrected chi connectivity index (χ0v) is 12.6. The second-order valence-corrected chi connectivity index (χ2v) is 7.15. The van der Waals surface area contributed by atoms with Crippen LogP contribution in [0.3, 0.4) is 0 Å². The molecule has 1 aromatic heterocycles. The summed E-state index contributed by atoms with van der Waals surface area (Å²) >= 11 is 0. The van der Waals surface area contributed by atoms with Crippen molar-refractivity contribution in [3.63, 3.8) is 0 Å². The molecule has 0 amide bonds. The van der Waals surface area contributed by atoms with Crippen LogP contribution < -0.4 is 0 Å². The van der Waals surface area contributed by atoms with E-state index in [0.717, 1.165) is 12.1 Å². The molecule has 2 aromatic rings. The van der Waals surface area contributed by atoms with E-state index in [2.05, 4.69) is 10.3 Å². The molecule has 0 N–H and O–H groups in total. The van der Waals surface area contributed by atoms with Crippen molar-refractivity contribution in [3.05, 3.63) is 42.2 Å². The van der Waals surface area contributed by atoms with E-state index in [9.17, 15) is 21.6 Å². The topological polar surface area (TPSA) is 68.1 Å². The van der Waals surface area contributed by atoms with E-state index < -0.39 is 21.8 Å². The lowest BCUT2D eigenvalue weighted by Crippen LogP contribution is -2.29. The highest BCUT2D eigenvalue weighted by Gasteiger charge is 2.36. The maximum atomic E-state index is 12.8. The molecule has 0 aliphatic carbocycles. The zero-order chi connectivity index (χ0) is 16.7. The SMILES string of the molecule is O=S(=O)(c1cccc(C(F)(F)F)c1)N1CCC(n2ccnn2)C1. The molecule has 0 saturated carbocycles. The molecule has 1 fully saturated rings. The number of halogens is 3. The lowest BCUT2D eigenvalue weighted by Gasteiger charge is -2.17. The van der Waals surface area contributed by atoms with Gasteiger partial charge in [-0.3, -0.25) is 0 Å². The molecule has 1 aliphatic heterocycles. The first-order chi connectivity index (χ1) is 10.8. The number of hydrogen-bond donors (Lipinski definition) is 0. The van der Waals surface area contributed by atoms with E-state index in [0.29, 0.717) is 12.5 Å². The van der Waals surface area contributed by atoms with E-state index in [1.54, 1.807) is 10.9 Å². The lowest BCUT2D eigenvalue weighted by molar-refractivity contribution is -0.137. The second-order valence-electron chi connectivity index (χ2n) is 5.21. The Morgan fingerprint density at radius 3 is 2.70 bits per heavy atom. The summed E-state index contributed by atoms with van der Waals surface area (Å²) in [6.45, 7) is 0.380. The lowest BCUT2D eigenvalue weighted by atomic mass is 10.2. The molecule has 1 unspecified atom stereocenters. The van der Waals surface area contributed by atoms with Gasteiger partial charge in [-0.2, -0.15) is 17.5 Å². The molecule has 124 valence electrons. The minimum atomic E-state index is -4.58. The Morgan fingerprint density at radius 2 is 2.04 bits per heavy atom. The Hall–Kier alpha value is -1.94. The van der Waals surface area contributed by atoms with Crippen LogP contribution in [0, 0.1) is 0 Å². The maximum absolute atomic E-state index is 12.8. The van der Waals surface area contributed by atoms with Crippen molar-refractivity contribution < 1.29 is 21.6 Å². The monoisotopic (exact) mass is 346 g/mol. The van der Waals surface area contributed by atoms with Crippen molar-refractivity contribution in [2.45, 2.75) is 23.5 Å². The van der Waals surface area contributed by atoms with E-state index in [4.69, 9.17) is 0 Å². The minimum Gasteiger partial charge on any atom is -0.248 e. The highest BCUT2D eigenvalue weighted by atomic mass is 32.2. The van der Waals surface area contributed by atoms with Gasteiger partial charge in [-0.1, -0.05) is 11.3 Å². The first-order valence-corrected chi connectivity index (χ1v) is 8.26. The average molecular weight is 346 g/mol. The summed E-state index contributed by atoms with van der Waals surface area (Å²) in [7, 11) is -3.97. The number of nitrogens with zero attached hydrogens (tertiary/aromatic N) is 4. The van der Waals surface area contributed by atoms with Crippen molar-refractivity contribution in [3.8, 4) is 0 Å². The molecule has 0 bridgehead atoms. The third kappa shape index (κ3) is 3.08. The summed E-state index contributed by atoms with van der Waals surface area (Å²) in [5.74, 6) is 0. The number of alkyl halides is 3. The second kappa shape index (κ2) is 5.60. The summed E-state index contributed by atoms with van der Waals surface area (Å²) in [6.07, 6.45) is -0.934. The number of sulfonamides is 1. The number of rotatable bonds is 3. The van der Waals surface area contributed by atoms with Crippen molar-refractivity contribution in [1.29, 1.82) is 0 Å². The molecule has 1 atom stereocenters. The fourth-order valence-corrected chi connectivity index (χ4v) is 4.08. The van der Waals surface area contributed by atoms with Crippen LogP contribution in [0.5, 0.6) is 0 Å². The molecule has 3 rings (SSSR count). The summed E-state index contributed by atoms with van der Waals surface area (Å²) in [5.41, 5.74) is -0.981. The Balaban J connectivity index is 1.85. The first-order valence-electron chi connectivity index (χ1n) is 6.82. The Bertz CT molecular complexity index is 790. The van der Waals surface area contributed by atoms with Crippen LogP contribution in [0.25, 0.3) is 0 Å². The quantitative estimate of drug-likeness (QED) is 0.852. The van der Waals surface area contributed by atoms with Gasteiger partial charge in [-0.15, -0.1) is 5.10 Å². The molecule has 2 heterocycles. The van der Waals surface area contributed by atoms with Crippen LogP contribution in [0.4, 0.5) is 13.2 Å². The summed E-state index contributed by atoms with van der Waals surface area (Å²) in [4.78, 5) is -0.355. The van der Waals surface area contributed by atoms with Crippen molar-refractivity contribution >= 4 is 10.0 Å². The van der Waals surface area contributed by atoms with Gasteiger partial charge in [0, 0.05) is 19.3 Å². The van der Waals surface area contributed by atoms with Gasteiger partial charge in [0.2, 0.25) is 10.0 Å². The van der Waals surface area contributed by atoms with E-state index in [1.165, 1.54) is 16.6 Å². The number of aromatic nitrogens is 3. The summed E-state index contributed by atoms with van der Waals surface area (Å²) in [5, 5.41) is 7.50. The molecule has 1 aliphatic rings. The van der Waals surface area contributed by atoms with Crippen LogP contribution in [0.15, 0.2) is 41.6 Å². The molecular formula is C13H13F3N4O2S. The fraction of sp³-hybridized carbons (Fsp3) is 0.385. The van der Waals surface area contributed by atoms with Crippen molar-refractivity contribution in [2.24, 2.45) is 0 Å². The molecule has 23 heavy (non-hydrogen) atoms. The van der Waals surface area contributed by atoms with Gasteiger partial charge >= 0.3 is 6.18 Å². The molecule has 0 spiro atoms. The van der Waals surface area contributed by atoms with Gasteiger partial charge < -0.3 is 0 Å². The van der Waals surface area contributed by atoms with Gasteiger partial charge in [0.1, 0.15) is 0 Å². The molecular weight excluding hydrogens is 333 g/mol. The predicted molar refractivity (Wildman–Crippen MR) is 73.9 cm³/mol. The van der Waals surface area contributed by atoms with E-state index in [1.807, 2.05) is 0 Å². The summed E-state index contributed by atoms with van der Waals surface area (Å²) in [6, 6.07) is 3.62. The molecule has 6 nitrogen and oxygen atoms in total. The predicted octanol–water partition coefficient (Wildman–Crippen LogP) is 1.93. The highest BCUT2D eigenvalue weighted by Crippen LogP contribution is 2.32. The zero-order valence-electron chi connectivity index (χ0n) is 11.8. The van der Waals surface area contributed by atoms with Gasteiger partial charge in [0.25, 0.3) is 0 Å². The van der Waals surface area contributed by atoms with Crippen LogP contribution >= 0.6 is 0 Å². The fourth-order valence-electron chi connectivity index (χ4n) is 2.54. The normalized spacial score (nSPS) is 20.0. The largest absolute Gasteiger partial charge is 0.416 e. The highest BCUT2D eigenvalue weighted by molar-refractivity contribution is 7.89. The van der Waals surface area contributed by atoms with Gasteiger partial charge in [-0.05, 0) is 24.6 Å². The van der Waals surface area contributed by atoms with Crippen LogP contribution in [-0.2, 0) is 16.2 Å². The van der Waals surface area contributed by atoms with Crippen LogP contribution in [-0.4, -0.2) is 40.8 Å². The van der Waals surface area contributed by atoms with Gasteiger partial charge in [-0.25, -0.2) is 13.1 Å². The molecule has 1 aromatic carbocycles. The van der Waals surface area contributed by atoms with Crippen molar-refractivity contribution in [2.75, 3.05) is 13.1 Å². The number of hydrogen-bond acceptors (Lipinski definition) is 4. The Morgan fingerprint density at radius 1 is 1.26 bits per heavy atom. The Kier molecular flexibility index (Phi) is 3.88. The van der Waals surface area contributed by atoms with Crippen molar-refractivity contribution in [1.82, 2.24) is 19.3 Å². The molecule has 10 heteroatoms. The average Bonchev–Trinajstić information content (AvgIpc) is 3.17. The van der Waals surface area contributed by atoms with Gasteiger partial charge in [0.15, 0.2) is 0 Å². The Labute approximate surface area is 130 Å². The standard InChI is InChI=1S/C13H13F3N4O2S/c14-13(15,16)10-2-1-3-12(8-10)23(21,22)19-6-4-11(9-19)20-7-5-17-18-20/h1-3,5,7-8,11H,4,6,9H2. The summed E-state index contributed by atoms with van der Waals surface area (Å²) < 4.78 is 66.1. The minimum absolute atomic E-state index is 0.155. The van der Waals surface area contributed by atoms with Crippen LogP contribution in [0.2, 0.25) is 0 Å². The molecule has 0 radical (unpaired) electrons. The maximum Gasteiger partial charge on any atom is 0.416 e. The van der Waals surface area contributed by atoms with Crippen LogP contribution in [0.1, 0.15) is 18.0 Å². The first kappa shape index (κ1) is 15.9. The third-order valence-electron chi connectivity index (χ3n) is 3.74. The smallest absolute Gasteiger partial charge is 0.248 e. The van der Waals surface area contributed by atoms with E-state index in [-0.39, 0.29) is 24.0 Å². The third-order valence-corrected chi connectivity index (χ3v) is 5.60. The van der Waals surface area contributed by atoms with Gasteiger partial charge in [0.05, 0.1) is 22.7 Å². The number of benzene rings is 1.